The zero-order valence-corrected chi connectivity index (χ0v) is 12.4. The van der Waals surface area contributed by atoms with E-state index in [4.69, 9.17) is 0 Å². The first kappa shape index (κ1) is 13.5. The van der Waals surface area contributed by atoms with Gasteiger partial charge in [-0.05, 0) is 26.2 Å². The van der Waals surface area contributed by atoms with Crippen molar-refractivity contribution in [3.63, 3.8) is 0 Å². The van der Waals surface area contributed by atoms with Crippen LogP contribution in [0.3, 0.4) is 0 Å². The first-order valence-corrected chi connectivity index (χ1v) is 8.06. The second-order valence-electron chi connectivity index (χ2n) is 5.43. The third-order valence-corrected chi connectivity index (χ3v) is 5.18. The molecule has 2 fully saturated rings. The molecule has 0 spiro atoms. The Morgan fingerprint density at radius 3 is 2.95 bits per heavy atom. The largest absolute Gasteiger partial charge is 0.331 e. The Labute approximate surface area is 122 Å². The average Bonchev–Trinajstić information content (AvgIpc) is 2.97. The van der Waals surface area contributed by atoms with Gasteiger partial charge in [-0.15, -0.1) is 11.3 Å². The number of hydrogen-bond donors (Lipinski definition) is 0. The highest BCUT2D eigenvalue weighted by Gasteiger charge is 2.39. The fraction of sp³-hybridized carbons (Fsp3) is 0.643. The van der Waals surface area contributed by atoms with E-state index < -0.39 is 0 Å². The molecule has 2 unspecified atom stereocenters. The molecule has 3 rings (SSSR count). The molecule has 20 heavy (non-hydrogen) atoms. The number of nitrogens with zero attached hydrogens (tertiary/aromatic N) is 3. The lowest BCUT2D eigenvalue weighted by Gasteiger charge is -2.35. The van der Waals surface area contributed by atoms with E-state index >= 15 is 0 Å². The summed E-state index contributed by atoms with van der Waals surface area (Å²) in [5.41, 5.74) is 0. The molecule has 0 aromatic carbocycles. The van der Waals surface area contributed by atoms with Crippen LogP contribution in [0.15, 0.2) is 11.6 Å². The quantitative estimate of drug-likeness (QED) is 0.836. The number of thiazole rings is 1. The zero-order chi connectivity index (χ0) is 14.1. The Bertz CT molecular complexity index is 503. The van der Waals surface area contributed by atoms with Crippen molar-refractivity contribution in [3.05, 3.63) is 16.6 Å². The molecule has 0 saturated carbocycles. The maximum Gasteiger partial charge on any atom is 0.245 e. The average molecular weight is 293 g/mol. The smallest absolute Gasteiger partial charge is 0.245 e. The molecular formula is C14H19N3O2S. The van der Waals surface area contributed by atoms with E-state index in [9.17, 15) is 9.59 Å². The van der Waals surface area contributed by atoms with Gasteiger partial charge in [0.15, 0.2) is 0 Å². The molecule has 5 nitrogen and oxygen atoms in total. The fourth-order valence-electron chi connectivity index (χ4n) is 3.11. The van der Waals surface area contributed by atoms with Crippen molar-refractivity contribution in [3.8, 4) is 0 Å². The highest BCUT2D eigenvalue weighted by Crippen LogP contribution is 2.29. The molecule has 1 aromatic rings. The molecule has 0 aliphatic carbocycles. The van der Waals surface area contributed by atoms with Crippen LogP contribution in [0, 0.1) is 0 Å². The van der Waals surface area contributed by atoms with Crippen LogP contribution in [-0.2, 0) is 9.59 Å². The third kappa shape index (κ3) is 2.32. The normalized spacial score (nSPS) is 25.4. The minimum absolute atomic E-state index is 0.0443. The first-order valence-electron chi connectivity index (χ1n) is 7.18. The highest BCUT2D eigenvalue weighted by atomic mass is 32.1. The predicted molar refractivity (Wildman–Crippen MR) is 76.2 cm³/mol. The molecule has 1 aromatic heterocycles. The van der Waals surface area contributed by atoms with E-state index in [0.717, 1.165) is 30.8 Å². The van der Waals surface area contributed by atoms with Gasteiger partial charge in [-0.1, -0.05) is 0 Å². The summed E-state index contributed by atoms with van der Waals surface area (Å²) < 4.78 is 0. The van der Waals surface area contributed by atoms with E-state index in [1.54, 1.807) is 22.4 Å². The van der Waals surface area contributed by atoms with Gasteiger partial charge in [0.05, 0.1) is 6.04 Å². The lowest BCUT2D eigenvalue weighted by molar-refractivity contribution is -0.144. The van der Waals surface area contributed by atoms with Crippen molar-refractivity contribution < 1.29 is 9.59 Å². The van der Waals surface area contributed by atoms with Crippen molar-refractivity contribution in [1.29, 1.82) is 0 Å². The van der Waals surface area contributed by atoms with Crippen molar-refractivity contribution in [2.45, 2.75) is 44.7 Å². The standard InChI is InChI=1S/C14H19N3O2S/c1-10(13-15-6-9-20-13)16-8-5-12(18)17-7-3-2-4-11(17)14(16)19/h6,9-11H,2-5,7-8H2,1H3. The lowest BCUT2D eigenvalue weighted by atomic mass is 10.0. The van der Waals surface area contributed by atoms with Crippen LogP contribution >= 0.6 is 11.3 Å². The second-order valence-corrected chi connectivity index (χ2v) is 6.35. The van der Waals surface area contributed by atoms with Gasteiger partial charge in [0.2, 0.25) is 11.8 Å². The van der Waals surface area contributed by atoms with Gasteiger partial charge in [0.25, 0.3) is 0 Å². The molecule has 0 bridgehead atoms. The Balaban J connectivity index is 1.85. The summed E-state index contributed by atoms with van der Waals surface area (Å²) in [6, 6.07) is -0.293. The molecule has 2 saturated heterocycles. The molecule has 3 heterocycles. The van der Waals surface area contributed by atoms with E-state index in [1.165, 1.54) is 0 Å². The van der Waals surface area contributed by atoms with Crippen molar-refractivity contribution in [1.82, 2.24) is 14.8 Å². The molecule has 6 heteroatoms. The number of amides is 2. The Hall–Kier alpha value is -1.43. The molecule has 0 N–H and O–H groups in total. The molecule has 108 valence electrons. The van der Waals surface area contributed by atoms with Gasteiger partial charge in [-0.2, -0.15) is 0 Å². The summed E-state index contributed by atoms with van der Waals surface area (Å²) in [5, 5.41) is 2.86. The van der Waals surface area contributed by atoms with E-state index in [-0.39, 0.29) is 23.9 Å². The maximum absolute atomic E-state index is 12.8. The molecule has 2 aliphatic rings. The fourth-order valence-corrected chi connectivity index (χ4v) is 3.81. The summed E-state index contributed by atoms with van der Waals surface area (Å²) in [4.78, 5) is 32.9. The molecule has 2 amide bonds. The first-order chi connectivity index (χ1) is 9.68. The van der Waals surface area contributed by atoms with Crippen molar-refractivity contribution in [2.75, 3.05) is 13.1 Å². The van der Waals surface area contributed by atoms with E-state index in [2.05, 4.69) is 4.98 Å². The second kappa shape index (κ2) is 5.52. The highest BCUT2D eigenvalue weighted by molar-refractivity contribution is 7.09. The molecule has 2 aliphatic heterocycles. The van der Waals surface area contributed by atoms with Gasteiger partial charge in [-0.3, -0.25) is 9.59 Å². The van der Waals surface area contributed by atoms with Gasteiger partial charge >= 0.3 is 0 Å². The summed E-state index contributed by atoms with van der Waals surface area (Å²) >= 11 is 1.56. The van der Waals surface area contributed by atoms with Gasteiger partial charge in [-0.25, -0.2) is 4.98 Å². The minimum atomic E-state index is -0.249. The maximum atomic E-state index is 12.8. The Morgan fingerprint density at radius 2 is 2.20 bits per heavy atom. The van der Waals surface area contributed by atoms with Crippen LogP contribution in [0.1, 0.15) is 43.7 Å². The number of fused-ring (bicyclic) bond motifs is 1. The topological polar surface area (TPSA) is 53.5 Å². The van der Waals surface area contributed by atoms with Crippen molar-refractivity contribution in [2.24, 2.45) is 0 Å². The molecule has 0 radical (unpaired) electrons. The van der Waals surface area contributed by atoms with E-state index in [1.807, 2.05) is 17.2 Å². The molecule has 2 atom stereocenters. The van der Waals surface area contributed by atoms with Gasteiger partial charge < -0.3 is 9.80 Å². The monoisotopic (exact) mass is 293 g/mol. The Kier molecular flexibility index (Phi) is 3.74. The number of piperidine rings is 1. The predicted octanol–water partition coefficient (Wildman–Crippen LogP) is 1.82. The van der Waals surface area contributed by atoms with Crippen LogP contribution in [0.25, 0.3) is 0 Å². The third-order valence-electron chi connectivity index (χ3n) is 4.23. The van der Waals surface area contributed by atoms with Crippen LogP contribution in [0.2, 0.25) is 0 Å². The number of aromatic nitrogens is 1. The number of hydrogen-bond acceptors (Lipinski definition) is 4. The van der Waals surface area contributed by atoms with Gasteiger partial charge in [0, 0.05) is 31.1 Å². The SMILES string of the molecule is CC(c1nccs1)N1CCC(=O)N2CCCCC2C1=O. The van der Waals surface area contributed by atoms with Crippen LogP contribution in [0.5, 0.6) is 0 Å². The van der Waals surface area contributed by atoms with Crippen LogP contribution in [0.4, 0.5) is 0 Å². The lowest BCUT2D eigenvalue weighted by Crippen LogP contribution is -2.50. The zero-order valence-electron chi connectivity index (χ0n) is 11.6. The summed E-state index contributed by atoms with van der Waals surface area (Å²) in [6.45, 7) is 3.24. The van der Waals surface area contributed by atoms with Crippen LogP contribution in [-0.4, -0.2) is 45.7 Å². The number of rotatable bonds is 2. The number of carbonyl (C=O) groups excluding carboxylic acids is 2. The summed E-state index contributed by atoms with van der Waals surface area (Å²) in [7, 11) is 0. The van der Waals surface area contributed by atoms with E-state index in [0.29, 0.717) is 13.0 Å². The summed E-state index contributed by atoms with van der Waals surface area (Å²) in [5.74, 6) is 0.218. The van der Waals surface area contributed by atoms with Gasteiger partial charge in [0.1, 0.15) is 11.0 Å². The van der Waals surface area contributed by atoms with Crippen molar-refractivity contribution >= 4 is 23.2 Å². The number of carbonyl (C=O) groups is 2. The van der Waals surface area contributed by atoms with Crippen LogP contribution < -0.4 is 0 Å². The molecular weight excluding hydrogens is 274 g/mol. The minimum Gasteiger partial charge on any atom is -0.331 e. The Morgan fingerprint density at radius 1 is 1.35 bits per heavy atom. The summed E-state index contributed by atoms with van der Waals surface area (Å²) in [6.07, 6.45) is 5.03.